The summed E-state index contributed by atoms with van der Waals surface area (Å²) in [5.74, 6) is 0. The molecule has 0 aliphatic heterocycles. The summed E-state index contributed by atoms with van der Waals surface area (Å²) in [5.41, 5.74) is 0. The SMILES string of the molecule is CCCCCCCCCCCCOS(=O)(=O)OS(=O)(=O)OCCCCCCCCCCCC. The van der Waals surface area contributed by atoms with Crippen molar-refractivity contribution in [2.75, 3.05) is 13.2 Å². The molecule has 0 aromatic heterocycles. The molecule has 0 aliphatic carbocycles. The third-order valence-electron chi connectivity index (χ3n) is 5.62. The van der Waals surface area contributed by atoms with Gasteiger partial charge in [0.2, 0.25) is 0 Å². The van der Waals surface area contributed by atoms with Crippen LogP contribution in [0.2, 0.25) is 0 Å². The summed E-state index contributed by atoms with van der Waals surface area (Å²) < 4.78 is 60.2. The van der Waals surface area contributed by atoms with Gasteiger partial charge >= 0.3 is 20.8 Å². The van der Waals surface area contributed by atoms with E-state index in [0.29, 0.717) is 12.8 Å². The van der Waals surface area contributed by atoms with Crippen LogP contribution in [-0.2, 0) is 32.8 Å². The quantitative estimate of drug-likeness (QED) is 0.111. The van der Waals surface area contributed by atoms with Crippen LogP contribution in [0, 0.1) is 0 Å². The van der Waals surface area contributed by atoms with E-state index in [1.165, 1.54) is 77.0 Å². The molecule has 0 rings (SSSR count). The van der Waals surface area contributed by atoms with Crippen LogP contribution in [0.25, 0.3) is 0 Å². The van der Waals surface area contributed by atoms with Gasteiger partial charge in [-0.25, -0.2) is 8.37 Å². The minimum Gasteiger partial charge on any atom is -0.247 e. The van der Waals surface area contributed by atoms with Gasteiger partial charge in [-0.2, -0.15) is 16.8 Å². The Kier molecular flexibility index (Phi) is 22.1. The monoisotopic (exact) mass is 514 g/mol. The number of unbranched alkanes of at least 4 members (excludes halogenated alkanes) is 18. The molecule has 0 bridgehead atoms. The molecule has 9 heteroatoms. The first-order valence-electron chi connectivity index (χ1n) is 13.3. The molecule has 33 heavy (non-hydrogen) atoms. The van der Waals surface area contributed by atoms with Gasteiger partial charge in [0.1, 0.15) is 0 Å². The average Bonchev–Trinajstić information content (AvgIpc) is 2.75. The summed E-state index contributed by atoms with van der Waals surface area (Å²) in [6, 6.07) is 0. The van der Waals surface area contributed by atoms with E-state index in [1.807, 2.05) is 0 Å². The van der Waals surface area contributed by atoms with E-state index in [9.17, 15) is 16.8 Å². The number of hydrogen-bond acceptors (Lipinski definition) is 7. The Hall–Kier alpha value is -0.220. The lowest BCUT2D eigenvalue weighted by Gasteiger charge is -2.07. The Morgan fingerprint density at radius 3 is 0.909 bits per heavy atom. The molecule has 7 nitrogen and oxygen atoms in total. The lowest BCUT2D eigenvalue weighted by Crippen LogP contribution is -2.19. The van der Waals surface area contributed by atoms with E-state index in [2.05, 4.69) is 25.8 Å². The van der Waals surface area contributed by atoms with Gasteiger partial charge in [-0.3, -0.25) is 0 Å². The van der Waals surface area contributed by atoms with Crippen LogP contribution in [0.4, 0.5) is 0 Å². The zero-order chi connectivity index (χ0) is 24.7. The van der Waals surface area contributed by atoms with Crippen molar-refractivity contribution in [2.24, 2.45) is 0 Å². The maximum Gasteiger partial charge on any atom is 0.416 e. The highest BCUT2D eigenvalue weighted by molar-refractivity contribution is 7.95. The molecule has 200 valence electrons. The number of hydrogen-bond donors (Lipinski definition) is 0. The first-order chi connectivity index (χ1) is 15.8. The fourth-order valence-corrected chi connectivity index (χ4v) is 5.42. The lowest BCUT2D eigenvalue weighted by atomic mass is 10.1. The van der Waals surface area contributed by atoms with Gasteiger partial charge in [0.25, 0.3) is 0 Å². The molecule has 0 aliphatic rings. The van der Waals surface area contributed by atoms with Crippen molar-refractivity contribution in [3.05, 3.63) is 0 Å². The normalized spacial score (nSPS) is 12.4. The Morgan fingerprint density at radius 1 is 0.394 bits per heavy atom. The highest BCUT2D eigenvalue weighted by atomic mass is 32.3. The zero-order valence-corrected chi connectivity index (χ0v) is 22.9. The summed E-state index contributed by atoms with van der Waals surface area (Å²) in [7, 11) is -9.25. The molecule has 0 saturated carbocycles. The summed E-state index contributed by atoms with van der Waals surface area (Å²) in [6.45, 7) is 4.23. The smallest absolute Gasteiger partial charge is 0.247 e. The summed E-state index contributed by atoms with van der Waals surface area (Å²) in [4.78, 5) is 0. The van der Waals surface area contributed by atoms with Crippen LogP contribution in [0.1, 0.15) is 142 Å². The molecular formula is C24H50O7S2. The van der Waals surface area contributed by atoms with Crippen molar-refractivity contribution in [1.29, 1.82) is 0 Å². The van der Waals surface area contributed by atoms with Crippen LogP contribution in [0.5, 0.6) is 0 Å². The Morgan fingerprint density at radius 2 is 0.636 bits per heavy atom. The minimum absolute atomic E-state index is 0.0905. The van der Waals surface area contributed by atoms with Gasteiger partial charge in [0.05, 0.1) is 13.2 Å². The molecule has 0 fully saturated rings. The summed E-state index contributed by atoms with van der Waals surface area (Å²) >= 11 is 0. The molecule has 0 spiro atoms. The van der Waals surface area contributed by atoms with Gasteiger partial charge < -0.3 is 0 Å². The highest BCUT2D eigenvalue weighted by Crippen LogP contribution is 2.13. The van der Waals surface area contributed by atoms with Crippen molar-refractivity contribution < 1.29 is 28.8 Å². The van der Waals surface area contributed by atoms with Crippen LogP contribution in [0.3, 0.4) is 0 Å². The molecule has 0 heterocycles. The third kappa shape index (κ3) is 24.7. The lowest BCUT2D eigenvalue weighted by molar-refractivity contribution is 0.232. The van der Waals surface area contributed by atoms with E-state index in [0.717, 1.165) is 38.5 Å². The van der Waals surface area contributed by atoms with Crippen LogP contribution < -0.4 is 0 Å². The van der Waals surface area contributed by atoms with Gasteiger partial charge in [-0.15, -0.1) is 3.63 Å². The van der Waals surface area contributed by atoms with Gasteiger partial charge in [-0.05, 0) is 12.8 Å². The van der Waals surface area contributed by atoms with E-state index in [-0.39, 0.29) is 13.2 Å². The van der Waals surface area contributed by atoms with E-state index in [4.69, 9.17) is 0 Å². The molecule has 0 radical (unpaired) electrons. The molecule has 0 unspecified atom stereocenters. The van der Waals surface area contributed by atoms with Crippen LogP contribution in [0.15, 0.2) is 0 Å². The van der Waals surface area contributed by atoms with Gasteiger partial charge in [0.15, 0.2) is 0 Å². The third-order valence-corrected chi connectivity index (χ3v) is 7.86. The Bertz CT molecular complexity index is 565. The number of rotatable bonds is 26. The van der Waals surface area contributed by atoms with Crippen LogP contribution in [-0.4, -0.2) is 30.0 Å². The van der Waals surface area contributed by atoms with E-state index >= 15 is 0 Å². The topological polar surface area (TPSA) is 96.0 Å². The Balaban J connectivity index is 3.67. The zero-order valence-electron chi connectivity index (χ0n) is 21.2. The molecule has 0 atom stereocenters. The molecule has 0 saturated heterocycles. The largest absolute Gasteiger partial charge is 0.416 e. The molecular weight excluding hydrogens is 464 g/mol. The van der Waals surface area contributed by atoms with Crippen molar-refractivity contribution in [2.45, 2.75) is 142 Å². The average molecular weight is 515 g/mol. The predicted molar refractivity (Wildman–Crippen MR) is 135 cm³/mol. The van der Waals surface area contributed by atoms with Crippen molar-refractivity contribution in [3.63, 3.8) is 0 Å². The van der Waals surface area contributed by atoms with E-state index in [1.54, 1.807) is 0 Å². The van der Waals surface area contributed by atoms with Crippen molar-refractivity contribution in [3.8, 4) is 0 Å². The molecule has 0 aromatic carbocycles. The second-order valence-corrected chi connectivity index (χ2v) is 11.5. The predicted octanol–water partition coefficient (Wildman–Crippen LogP) is 7.37. The van der Waals surface area contributed by atoms with E-state index < -0.39 is 20.8 Å². The van der Waals surface area contributed by atoms with Gasteiger partial charge in [0, 0.05) is 0 Å². The molecule has 0 aromatic rings. The van der Waals surface area contributed by atoms with Crippen molar-refractivity contribution >= 4 is 20.8 Å². The van der Waals surface area contributed by atoms with Crippen LogP contribution >= 0.6 is 0 Å². The van der Waals surface area contributed by atoms with Crippen molar-refractivity contribution in [1.82, 2.24) is 0 Å². The first kappa shape index (κ1) is 32.8. The summed E-state index contributed by atoms with van der Waals surface area (Å²) in [5, 5.41) is 0. The summed E-state index contributed by atoms with van der Waals surface area (Å²) in [6.07, 6.45) is 22.2. The highest BCUT2D eigenvalue weighted by Gasteiger charge is 2.24. The fraction of sp³-hybridized carbons (Fsp3) is 1.00. The maximum absolute atomic E-state index is 11.7. The maximum atomic E-state index is 11.7. The second-order valence-electron chi connectivity index (χ2n) is 8.89. The minimum atomic E-state index is -4.63. The molecule has 0 N–H and O–H groups in total. The Labute approximate surface area is 205 Å². The first-order valence-corrected chi connectivity index (χ1v) is 16.0. The standard InChI is InChI=1S/C24H50O7S2/c1-3-5-7-9-11-13-15-17-19-21-23-29-32(25,26)31-33(27,28)30-24-22-20-18-16-14-12-10-8-6-4-2/h3-24H2,1-2H3. The van der Waals surface area contributed by atoms with Gasteiger partial charge in [-0.1, -0.05) is 129 Å². The fourth-order valence-electron chi connectivity index (χ4n) is 3.64. The molecule has 0 amide bonds. The second kappa shape index (κ2) is 22.3.